The standard InChI is InChI=1S/C13H20F3N3/c1-2-19-11(7-8-18-19)12(17)9-5-3-4-6-10(9)13(14,15)16/h7-10,12H,2-6,17H2,1H3. The highest BCUT2D eigenvalue weighted by molar-refractivity contribution is 5.09. The maximum Gasteiger partial charge on any atom is 0.392 e. The van der Waals surface area contributed by atoms with E-state index in [1.807, 2.05) is 6.92 Å². The van der Waals surface area contributed by atoms with Crippen molar-refractivity contribution in [3.63, 3.8) is 0 Å². The summed E-state index contributed by atoms with van der Waals surface area (Å²) in [5.41, 5.74) is 6.83. The van der Waals surface area contributed by atoms with Gasteiger partial charge in [-0.05, 0) is 31.7 Å². The van der Waals surface area contributed by atoms with Crippen LogP contribution in [0.25, 0.3) is 0 Å². The molecule has 0 amide bonds. The Morgan fingerprint density at radius 2 is 2.11 bits per heavy atom. The first-order valence-electron chi connectivity index (χ1n) is 6.79. The normalized spacial score (nSPS) is 26.4. The molecular weight excluding hydrogens is 255 g/mol. The van der Waals surface area contributed by atoms with Crippen molar-refractivity contribution in [1.29, 1.82) is 0 Å². The van der Waals surface area contributed by atoms with Crippen molar-refractivity contribution in [2.24, 2.45) is 17.6 Å². The third kappa shape index (κ3) is 2.94. The first-order valence-corrected chi connectivity index (χ1v) is 6.79. The summed E-state index contributed by atoms with van der Waals surface area (Å²) >= 11 is 0. The van der Waals surface area contributed by atoms with Crippen molar-refractivity contribution in [3.8, 4) is 0 Å². The van der Waals surface area contributed by atoms with Crippen LogP contribution >= 0.6 is 0 Å². The third-order valence-electron chi connectivity index (χ3n) is 4.09. The van der Waals surface area contributed by atoms with Crippen molar-refractivity contribution < 1.29 is 13.2 Å². The highest BCUT2D eigenvalue weighted by atomic mass is 19.4. The molecule has 19 heavy (non-hydrogen) atoms. The Morgan fingerprint density at radius 1 is 1.42 bits per heavy atom. The van der Waals surface area contributed by atoms with E-state index in [4.69, 9.17) is 5.73 Å². The lowest BCUT2D eigenvalue weighted by Crippen LogP contribution is -2.39. The average Bonchev–Trinajstić information content (AvgIpc) is 2.85. The Kier molecular flexibility index (Phi) is 4.18. The quantitative estimate of drug-likeness (QED) is 0.920. The number of hydrogen-bond acceptors (Lipinski definition) is 2. The number of alkyl halides is 3. The van der Waals surface area contributed by atoms with Crippen LogP contribution in [0.3, 0.4) is 0 Å². The molecule has 2 rings (SSSR count). The van der Waals surface area contributed by atoms with Gasteiger partial charge in [-0.1, -0.05) is 12.8 Å². The minimum atomic E-state index is -4.15. The van der Waals surface area contributed by atoms with Gasteiger partial charge < -0.3 is 5.73 Å². The Bertz CT molecular complexity index is 414. The smallest absolute Gasteiger partial charge is 0.322 e. The minimum Gasteiger partial charge on any atom is -0.322 e. The molecule has 1 aromatic rings. The summed E-state index contributed by atoms with van der Waals surface area (Å²) in [6.07, 6.45) is -0.349. The number of nitrogens with two attached hydrogens (primary N) is 1. The van der Waals surface area contributed by atoms with E-state index in [2.05, 4.69) is 5.10 Å². The lowest BCUT2D eigenvalue weighted by molar-refractivity contribution is -0.198. The lowest BCUT2D eigenvalue weighted by atomic mass is 9.74. The highest BCUT2D eigenvalue weighted by Gasteiger charge is 2.47. The van der Waals surface area contributed by atoms with Gasteiger partial charge in [0.15, 0.2) is 0 Å². The van der Waals surface area contributed by atoms with Gasteiger partial charge in [0, 0.05) is 12.7 Å². The zero-order valence-corrected chi connectivity index (χ0v) is 11.0. The molecule has 3 nitrogen and oxygen atoms in total. The second kappa shape index (κ2) is 5.53. The molecule has 0 bridgehead atoms. The van der Waals surface area contributed by atoms with E-state index in [1.54, 1.807) is 16.9 Å². The van der Waals surface area contributed by atoms with E-state index >= 15 is 0 Å². The molecule has 3 unspecified atom stereocenters. The number of halogens is 3. The van der Waals surface area contributed by atoms with Crippen LogP contribution in [-0.4, -0.2) is 16.0 Å². The van der Waals surface area contributed by atoms with Gasteiger partial charge in [0.05, 0.1) is 17.7 Å². The second-order valence-corrected chi connectivity index (χ2v) is 5.19. The predicted molar refractivity (Wildman–Crippen MR) is 66.3 cm³/mol. The molecule has 3 atom stereocenters. The van der Waals surface area contributed by atoms with Gasteiger partial charge >= 0.3 is 6.18 Å². The SMILES string of the molecule is CCn1nccc1C(N)C1CCCCC1C(F)(F)F. The van der Waals surface area contributed by atoms with E-state index in [1.165, 1.54) is 0 Å². The summed E-state index contributed by atoms with van der Waals surface area (Å²) in [4.78, 5) is 0. The maximum atomic E-state index is 13.1. The van der Waals surface area contributed by atoms with Crippen LogP contribution in [0.2, 0.25) is 0 Å². The van der Waals surface area contributed by atoms with Crippen molar-refractivity contribution in [2.75, 3.05) is 0 Å². The van der Waals surface area contributed by atoms with Crippen LogP contribution in [0.5, 0.6) is 0 Å². The molecule has 0 aromatic carbocycles. The number of aryl methyl sites for hydroxylation is 1. The van der Waals surface area contributed by atoms with E-state index in [0.717, 1.165) is 6.42 Å². The zero-order valence-electron chi connectivity index (χ0n) is 11.0. The summed E-state index contributed by atoms with van der Waals surface area (Å²) in [7, 11) is 0. The first-order chi connectivity index (χ1) is 8.95. The van der Waals surface area contributed by atoms with Crippen LogP contribution in [0, 0.1) is 11.8 Å². The largest absolute Gasteiger partial charge is 0.392 e. The van der Waals surface area contributed by atoms with Gasteiger partial charge in [0.1, 0.15) is 0 Å². The number of aromatic nitrogens is 2. The third-order valence-corrected chi connectivity index (χ3v) is 4.09. The summed E-state index contributed by atoms with van der Waals surface area (Å²) in [6, 6.07) is 1.14. The van der Waals surface area contributed by atoms with E-state index in [-0.39, 0.29) is 6.42 Å². The van der Waals surface area contributed by atoms with Gasteiger partial charge in [-0.3, -0.25) is 4.68 Å². The molecule has 1 aliphatic carbocycles. The Labute approximate surface area is 111 Å². The molecule has 2 N–H and O–H groups in total. The van der Waals surface area contributed by atoms with Crippen molar-refractivity contribution >= 4 is 0 Å². The van der Waals surface area contributed by atoms with Crippen LogP contribution in [0.4, 0.5) is 13.2 Å². The maximum absolute atomic E-state index is 13.1. The minimum absolute atomic E-state index is 0.197. The predicted octanol–water partition coefficient (Wildman–Crippen LogP) is 3.27. The Balaban J connectivity index is 2.22. The van der Waals surface area contributed by atoms with Crippen LogP contribution in [-0.2, 0) is 6.54 Å². The Hall–Kier alpha value is -1.04. The van der Waals surface area contributed by atoms with Gasteiger partial charge in [-0.2, -0.15) is 18.3 Å². The number of nitrogens with zero attached hydrogens (tertiary/aromatic N) is 2. The summed E-state index contributed by atoms with van der Waals surface area (Å²) in [5, 5.41) is 4.09. The Morgan fingerprint density at radius 3 is 2.74 bits per heavy atom. The second-order valence-electron chi connectivity index (χ2n) is 5.19. The molecule has 0 saturated heterocycles. The zero-order chi connectivity index (χ0) is 14.0. The van der Waals surface area contributed by atoms with Gasteiger partial charge in [-0.25, -0.2) is 0 Å². The molecule has 6 heteroatoms. The van der Waals surface area contributed by atoms with Gasteiger partial charge in [0.25, 0.3) is 0 Å². The molecule has 1 heterocycles. The van der Waals surface area contributed by atoms with Crippen LogP contribution in [0.15, 0.2) is 12.3 Å². The molecule has 0 spiro atoms. The van der Waals surface area contributed by atoms with Crippen molar-refractivity contribution in [2.45, 2.75) is 51.4 Å². The summed E-state index contributed by atoms with van der Waals surface area (Å²) in [6.45, 7) is 2.53. The molecule has 1 saturated carbocycles. The number of rotatable bonds is 3. The fourth-order valence-corrected chi connectivity index (χ4v) is 3.11. The molecule has 0 aliphatic heterocycles. The average molecular weight is 275 g/mol. The molecular formula is C13H20F3N3. The van der Waals surface area contributed by atoms with Gasteiger partial charge in [-0.15, -0.1) is 0 Å². The van der Waals surface area contributed by atoms with Gasteiger partial charge in [0.2, 0.25) is 0 Å². The lowest BCUT2D eigenvalue weighted by Gasteiger charge is -2.36. The van der Waals surface area contributed by atoms with E-state index < -0.39 is 24.1 Å². The molecule has 1 fully saturated rings. The molecule has 1 aromatic heterocycles. The van der Waals surface area contributed by atoms with Crippen molar-refractivity contribution in [3.05, 3.63) is 18.0 Å². The fraction of sp³-hybridized carbons (Fsp3) is 0.769. The summed E-state index contributed by atoms with van der Waals surface area (Å²) in [5.74, 6) is -1.81. The monoisotopic (exact) mass is 275 g/mol. The van der Waals surface area contributed by atoms with E-state index in [0.29, 0.717) is 25.1 Å². The van der Waals surface area contributed by atoms with Crippen LogP contribution in [0.1, 0.15) is 44.3 Å². The topological polar surface area (TPSA) is 43.8 Å². The molecule has 1 aliphatic rings. The molecule has 108 valence electrons. The molecule has 0 radical (unpaired) electrons. The van der Waals surface area contributed by atoms with Crippen molar-refractivity contribution in [1.82, 2.24) is 9.78 Å². The first kappa shape index (κ1) is 14.4. The van der Waals surface area contributed by atoms with E-state index in [9.17, 15) is 13.2 Å². The van der Waals surface area contributed by atoms with Crippen LogP contribution < -0.4 is 5.73 Å². The highest BCUT2D eigenvalue weighted by Crippen LogP contribution is 2.45. The fourth-order valence-electron chi connectivity index (χ4n) is 3.11. The number of hydrogen-bond donors (Lipinski definition) is 1. The summed E-state index contributed by atoms with van der Waals surface area (Å²) < 4.78 is 41.0.